The molecule has 1 fully saturated rings. The lowest BCUT2D eigenvalue weighted by Crippen LogP contribution is -2.27. The van der Waals surface area contributed by atoms with Crippen LogP contribution in [0.4, 0.5) is 10.1 Å². The van der Waals surface area contributed by atoms with E-state index in [1.807, 2.05) is 0 Å². The van der Waals surface area contributed by atoms with Crippen molar-refractivity contribution >= 4 is 28.3 Å². The molecule has 1 saturated heterocycles. The number of ether oxygens (including phenoxy) is 1. The van der Waals surface area contributed by atoms with E-state index >= 15 is 0 Å². The molecule has 1 aromatic heterocycles. The van der Waals surface area contributed by atoms with E-state index in [1.165, 1.54) is 24.3 Å². The minimum absolute atomic E-state index is 0.0177. The second kappa shape index (κ2) is 6.72. The molecule has 1 amide bonds. The molecule has 1 N–H and O–H groups in total. The molecule has 0 radical (unpaired) electrons. The van der Waals surface area contributed by atoms with Crippen LogP contribution in [0.2, 0.25) is 0 Å². The molecule has 4 rings (SSSR count). The summed E-state index contributed by atoms with van der Waals surface area (Å²) in [5, 5.41) is 3.41. The molecule has 2 heterocycles. The number of carbonyl (C=O) groups excluding carboxylic acids is 2. The lowest BCUT2D eigenvalue weighted by Gasteiger charge is -2.10. The number of hydrogen-bond acceptors (Lipinski definition) is 4. The number of ketones is 1. The molecule has 0 aliphatic carbocycles. The van der Waals surface area contributed by atoms with Crippen molar-refractivity contribution in [2.75, 3.05) is 11.9 Å². The fourth-order valence-electron chi connectivity index (χ4n) is 3.05. The van der Waals surface area contributed by atoms with E-state index in [2.05, 4.69) is 5.32 Å². The van der Waals surface area contributed by atoms with Crippen molar-refractivity contribution in [1.82, 2.24) is 0 Å². The van der Waals surface area contributed by atoms with Gasteiger partial charge in [-0.2, -0.15) is 0 Å². The van der Waals surface area contributed by atoms with Gasteiger partial charge in [0, 0.05) is 17.6 Å². The molecule has 26 heavy (non-hydrogen) atoms. The quantitative estimate of drug-likeness (QED) is 0.722. The Kier molecular flexibility index (Phi) is 4.26. The first kappa shape index (κ1) is 16.5. The van der Waals surface area contributed by atoms with Gasteiger partial charge < -0.3 is 14.5 Å². The maximum Gasteiger partial charge on any atom is 0.253 e. The summed E-state index contributed by atoms with van der Waals surface area (Å²) >= 11 is 0. The summed E-state index contributed by atoms with van der Waals surface area (Å²) in [6.45, 7) is 0.547. The molecule has 0 bridgehead atoms. The summed E-state index contributed by atoms with van der Waals surface area (Å²) in [5.41, 5.74) is 1.08. The minimum atomic E-state index is -0.530. The second-order valence-electron chi connectivity index (χ2n) is 6.13. The Morgan fingerprint density at radius 1 is 1.08 bits per heavy atom. The highest BCUT2D eigenvalue weighted by Crippen LogP contribution is 2.33. The van der Waals surface area contributed by atoms with Crippen LogP contribution in [0.1, 0.15) is 29.0 Å². The number of benzene rings is 2. The molecule has 3 aromatic rings. The van der Waals surface area contributed by atoms with Crippen LogP contribution in [-0.2, 0) is 9.53 Å². The van der Waals surface area contributed by atoms with Crippen LogP contribution in [0, 0.1) is 5.82 Å². The summed E-state index contributed by atoms with van der Waals surface area (Å²) in [7, 11) is 0. The van der Waals surface area contributed by atoms with Gasteiger partial charge in [-0.1, -0.05) is 12.1 Å². The number of carbonyl (C=O) groups is 2. The van der Waals surface area contributed by atoms with Gasteiger partial charge in [-0.15, -0.1) is 0 Å². The molecular formula is C20H16FNO4. The van der Waals surface area contributed by atoms with Crippen LogP contribution >= 0.6 is 0 Å². The zero-order valence-electron chi connectivity index (χ0n) is 13.8. The summed E-state index contributed by atoms with van der Waals surface area (Å²) in [4.78, 5) is 25.3. The van der Waals surface area contributed by atoms with Crippen molar-refractivity contribution in [3.63, 3.8) is 0 Å². The van der Waals surface area contributed by atoms with Crippen molar-refractivity contribution in [3.8, 4) is 0 Å². The number of amides is 1. The van der Waals surface area contributed by atoms with Crippen molar-refractivity contribution in [2.45, 2.75) is 18.9 Å². The zero-order chi connectivity index (χ0) is 18.1. The van der Waals surface area contributed by atoms with E-state index in [-0.39, 0.29) is 17.2 Å². The van der Waals surface area contributed by atoms with Crippen LogP contribution in [0.3, 0.4) is 0 Å². The number of nitrogens with one attached hydrogen (secondary N) is 1. The van der Waals surface area contributed by atoms with Gasteiger partial charge in [0.15, 0.2) is 5.76 Å². The van der Waals surface area contributed by atoms with Gasteiger partial charge in [0.25, 0.3) is 5.91 Å². The van der Waals surface area contributed by atoms with E-state index in [0.29, 0.717) is 29.7 Å². The van der Waals surface area contributed by atoms with E-state index in [1.54, 1.807) is 24.3 Å². The van der Waals surface area contributed by atoms with Gasteiger partial charge >= 0.3 is 0 Å². The standard InChI is InChI=1S/C20H16FNO4/c21-13-9-7-12(8-10-13)18(23)19-17(14-4-1-2-5-15(14)26-19)22-20(24)16-6-3-11-25-16/h1-2,4-5,7-10,16H,3,6,11H2,(H,22,24). The third-order valence-electron chi connectivity index (χ3n) is 4.38. The van der Waals surface area contributed by atoms with Crippen molar-refractivity contribution in [2.24, 2.45) is 0 Å². The van der Waals surface area contributed by atoms with Gasteiger partial charge in [0.1, 0.15) is 17.5 Å². The molecule has 1 aliphatic heterocycles. The van der Waals surface area contributed by atoms with E-state index in [0.717, 1.165) is 6.42 Å². The summed E-state index contributed by atoms with van der Waals surface area (Å²) in [6.07, 6.45) is 0.937. The Bertz CT molecular complexity index is 971. The number of furan rings is 1. The third-order valence-corrected chi connectivity index (χ3v) is 4.38. The van der Waals surface area contributed by atoms with Crippen molar-refractivity contribution in [3.05, 3.63) is 65.7 Å². The van der Waals surface area contributed by atoms with Crippen LogP contribution in [-0.4, -0.2) is 24.4 Å². The predicted molar refractivity (Wildman–Crippen MR) is 93.7 cm³/mol. The number of halogens is 1. The predicted octanol–water partition coefficient (Wildman–Crippen LogP) is 3.92. The van der Waals surface area contributed by atoms with Crippen molar-refractivity contribution < 1.29 is 23.1 Å². The fourth-order valence-corrected chi connectivity index (χ4v) is 3.05. The first-order chi connectivity index (χ1) is 12.6. The Morgan fingerprint density at radius 3 is 2.58 bits per heavy atom. The molecular weight excluding hydrogens is 337 g/mol. The number of hydrogen-bond donors (Lipinski definition) is 1. The largest absolute Gasteiger partial charge is 0.450 e. The maximum absolute atomic E-state index is 13.1. The Labute approximate surface area is 148 Å². The molecule has 0 spiro atoms. The average molecular weight is 353 g/mol. The first-order valence-corrected chi connectivity index (χ1v) is 8.38. The SMILES string of the molecule is O=C(c1ccc(F)cc1)c1oc2ccccc2c1NC(=O)C1CCCO1. The lowest BCUT2D eigenvalue weighted by molar-refractivity contribution is -0.124. The van der Waals surface area contributed by atoms with Crippen LogP contribution in [0.25, 0.3) is 11.0 Å². The van der Waals surface area contributed by atoms with Crippen LogP contribution in [0.5, 0.6) is 0 Å². The number of fused-ring (bicyclic) bond motifs is 1. The van der Waals surface area contributed by atoms with E-state index in [9.17, 15) is 14.0 Å². The van der Waals surface area contributed by atoms with Crippen LogP contribution in [0.15, 0.2) is 52.9 Å². The zero-order valence-corrected chi connectivity index (χ0v) is 13.8. The Balaban J connectivity index is 1.74. The van der Waals surface area contributed by atoms with Gasteiger partial charge in [0.2, 0.25) is 5.78 Å². The summed E-state index contributed by atoms with van der Waals surface area (Å²) < 4.78 is 24.3. The van der Waals surface area contributed by atoms with Gasteiger partial charge in [-0.3, -0.25) is 9.59 Å². The third kappa shape index (κ3) is 2.99. The van der Waals surface area contributed by atoms with Gasteiger partial charge in [0.05, 0.1) is 5.69 Å². The topological polar surface area (TPSA) is 68.5 Å². The molecule has 1 atom stereocenters. The molecule has 6 heteroatoms. The molecule has 0 saturated carbocycles. The summed E-state index contributed by atoms with van der Waals surface area (Å²) in [5.74, 6) is -1.15. The lowest BCUT2D eigenvalue weighted by atomic mass is 10.1. The minimum Gasteiger partial charge on any atom is -0.450 e. The number of para-hydroxylation sites is 1. The highest BCUT2D eigenvalue weighted by atomic mass is 19.1. The average Bonchev–Trinajstić information content (AvgIpc) is 3.30. The van der Waals surface area contributed by atoms with Gasteiger partial charge in [-0.25, -0.2) is 4.39 Å². The summed E-state index contributed by atoms with van der Waals surface area (Å²) in [6, 6.07) is 12.3. The second-order valence-corrected chi connectivity index (χ2v) is 6.13. The maximum atomic E-state index is 13.1. The normalized spacial score (nSPS) is 16.7. The van der Waals surface area contributed by atoms with E-state index in [4.69, 9.17) is 9.15 Å². The number of anilines is 1. The Hall–Kier alpha value is -2.99. The molecule has 1 aliphatic rings. The smallest absolute Gasteiger partial charge is 0.253 e. The molecule has 132 valence electrons. The monoisotopic (exact) mass is 353 g/mol. The van der Waals surface area contributed by atoms with E-state index < -0.39 is 17.7 Å². The van der Waals surface area contributed by atoms with Crippen LogP contribution < -0.4 is 5.32 Å². The fraction of sp³-hybridized carbons (Fsp3) is 0.200. The highest BCUT2D eigenvalue weighted by Gasteiger charge is 2.28. The molecule has 1 unspecified atom stereocenters. The van der Waals surface area contributed by atoms with Crippen molar-refractivity contribution in [1.29, 1.82) is 0 Å². The molecule has 5 nitrogen and oxygen atoms in total. The Morgan fingerprint density at radius 2 is 1.85 bits per heavy atom. The number of rotatable bonds is 4. The van der Waals surface area contributed by atoms with Gasteiger partial charge in [-0.05, 0) is 49.2 Å². The first-order valence-electron chi connectivity index (χ1n) is 8.38. The highest BCUT2D eigenvalue weighted by molar-refractivity contribution is 6.17. The molecule has 2 aromatic carbocycles.